The second-order valence-corrected chi connectivity index (χ2v) is 18.9. The molecule has 0 radical (unpaired) electrons. The third kappa shape index (κ3) is 7.47. The molecular weight excluding hydrogens is 845 g/mol. The van der Waals surface area contributed by atoms with Crippen molar-refractivity contribution in [2.24, 2.45) is 0 Å². The van der Waals surface area contributed by atoms with Crippen molar-refractivity contribution in [1.29, 1.82) is 0 Å². The van der Waals surface area contributed by atoms with E-state index in [1.54, 1.807) is 6.08 Å². The monoisotopic (exact) mass is 904 g/mol. The fourth-order valence-corrected chi connectivity index (χ4v) is 11.8. The largest absolute Gasteiger partial charge is 0.456 e. The highest BCUT2D eigenvalue weighted by molar-refractivity contribution is 6.15. The van der Waals surface area contributed by atoms with E-state index in [0.29, 0.717) is 6.04 Å². The first kappa shape index (κ1) is 44.0. The summed E-state index contributed by atoms with van der Waals surface area (Å²) in [6.45, 7) is 21.2. The Hall–Kier alpha value is -7.50. The predicted octanol–water partition coefficient (Wildman–Crippen LogP) is 19.1. The van der Waals surface area contributed by atoms with E-state index >= 15 is 0 Å². The lowest BCUT2D eigenvalue weighted by Gasteiger charge is -2.37. The summed E-state index contributed by atoms with van der Waals surface area (Å²) in [7, 11) is 0. The lowest BCUT2D eigenvalue weighted by atomic mass is 9.91. The van der Waals surface area contributed by atoms with Gasteiger partial charge in [0.2, 0.25) is 0 Å². The molecular formula is C64H60N2O3. The minimum absolute atomic E-state index is 0.238. The van der Waals surface area contributed by atoms with Gasteiger partial charge in [-0.25, -0.2) is 0 Å². The van der Waals surface area contributed by atoms with Crippen molar-refractivity contribution in [1.82, 2.24) is 0 Å². The molecule has 5 heteroatoms. The third-order valence-electron chi connectivity index (χ3n) is 15.0. The Balaban J connectivity index is 1.09. The summed E-state index contributed by atoms with van der Waals surface area (Å²) in [5.41, 5.74) is 15.9. The highest BCUT2D eigenvalue weighted by Crippen LogP contribution is 2.49. The van der Waals surface area contributed by atoms with Crippen LogP contribution >= 0.6 is 0 Å². The molecule has 3 heterocycles. The van der Waals surface area contributed by atoms with Gasteiger partial charge in [0.15, 0.2) is 11.2 Å². The lowest BCUT2D eigenvalue weighted by molar-refractivity contribution is 0.435. The van der Waals surface area contributed by atoms with Gasteiger partial charge in [-0.15, -0.1) is 0 Å². The summed E-state index contributed by atoms with van der Waals surface area (Å²) in [5.74, 6) is 0.839. The van der Waals surface area contributed by atoms with E-state index in [1.807, 2.05) is 31.2 Å². The molecule has 0 saturated heterocycles. The first-order valence-corrected chi connectivity index (χ1v) is 25.0. The van der Waals surface area contributed by atoms with Gasteiger partial charge < -0.3 is 23.1 Å². The van der Waals surface area contributed by atoms with E-state index in [0.717, 1.165) is 161 Å². The molecule has 0 atom stereocenters. The molecule has 344 valence electrons. The summed E-state index contributed by atoms with van der Waals surface area (Å²) in [6, 6.07) is 39.8. The third-order valence-corrected chi connectivity index (χ3v) is 15.0. The number of rotatable bonds is 13. The lowest BCUT2D eigenvalue weighted by Crippen LogP contribution is -2.33. The Morgan fingerprint density at radius 1 is 0.565 bits per heavy atom. The molecule has 3 aromatic heterocycles. The van der Waals surface area contributed by atoms with Gasteiger partial charge in [-0.1, -0.05) is 174 Å². The van der Waals surface area contributed by atoms with E-state index in [2.05, 4.69) is 158 Å². The van der Waals surface area contributed by atoms with Crippen LogP contribution in [0.4, 0.5) is 22.7 Å². The maximum atomic E-state index is 7.13. The first-order chi connectivity index (χ1) is 34.0. The zero-order valence-corrected chi connectivity index (χ0v) is 40.0. The molecule has 2 aliphatic rings. The molecule has 69 heavy (non-hydrogen) atoms. The standard InChI is InChI=1S/C64H60N2O3/c1-7-24-42(8-2)47(9-3)61-41(6)50-31-22-36-56(63(50)68-61)66(45-29-19-14-20-30-45)57-40-59-60(49(11-5)48(57)10-4)54-38-37-46(39-58(54)67-59)65(44-27-17-13-18-28-44)55-35-23-34-53-52-33-21-32-51(62(52)69-64(53)55)43-25-15-12-16-26-43/h7-12,15-16,21-26,31-40,44-45H,1-2,4-5,13-14,17-20,27-30H2,3,6H3/b42-24+,47-9-. The second kappa shape index (κ2) is 18.5. The SMILES string of the molecule is C=C/C=C(C=C)/C(=C/C)c1oc2c(N(c3cc4oc5cc(N(c6cccc7c6oc6c(-c8ccccc8)cccc67)C6CCCCC6)ccc5c4c(C=C)c3C=C)C3CCCCC3)cccc2c1C. The Morgan fingerprint density at radius 2 is 1.20 bits per heavy atom. The van der Waals surface area contributed by atoms with Gasteiger partial charge in [0.25, 0.3) is 0 Å². The smallest absolute Gasteiger partial charge is 0.159 e. The van der Waals surface area contributed by atoms with Crippen LogP contribution in [-0.2, 0) is 0 Å². The number of allylic oxidation sites excluding steroid dienone is 6. The van der Waals surface area contributed by atoms with Crippen LogP contribution < -0.4 is 9.80 Å². The van der Waals surface area contributed by atoms with Crippen molar-refractivity contribution in [2.75, 3.05) is 9.80 Å². The molecule has 0 unspecified atom stereocenters. The molecule has 0 aliphatic heterocycles. The zero-order valence-electron chi connectivity index (χ0n) is 40.0. The van der Waals surface area contributed by atoms with Gasteiger partial charge in [-0.3, -0.25) is 0 Å². The molecule has 2 fully saturated rings. The zero-order chi connectivity index (χ0) is 47.2. The van der Waals surface area contributed by atoms with E-state index in [1.165, 1.54) is 25.7 Å². The summed E-state index contributed by atoms with van der Waals surface area (Å²) in [4.78, 5) is 5.07. The quantitative estimate of drug-likeness (QED) is 0.108. The molecule has 5 nitrogen and oxygen atoms in total. The summed E-state index contributed by atoms with van der Waals surface area (Å²) in [6.07, 6.45) is 23.3. The highest BCUT2D eigenvalue weighted by Gasteiger charge is 2.32. The van der Waals surface area contributed by atoms with Gasteiger partial charge in [0.1, 0.15) is 22.5 Å². The molecule has 0 amide bonds. The number of para-hydroxylation sites is 3. The molecule has 0 spiro atoms. The maximum Gasteiger partial charge on any atom is 0.159 e. The molecule has 0 bridgehead atoms. The van der Waals surface area contributed by atoms with Gasteiger partial charge >= 0.3 is 0 Å². The summed E-state index contributed by atoms with van der Waals surface area (Å²) >= 11 is 0. The predicted molar refractivity (Wildman–Crippen MR) is 294 cm³/mol. The number of hydrogen-bond donors (Lipinski definition) is 0. The van der Waals surface area contributed by atoms with Gasteiger partial charge in [0, 0.05) is 79.1 Å². The van der Waals surface area contributed by atoms with Crippen LogP contribution in [0.1, 0.15) is 93.6 Å². The minimum Gasteiger partial charge on any atom is -0.456 e. The van der Waals surface area contributed by atoms with Gasteiger partial charge in [-0.2, -0.15) is 0 Å². The molecule has 11 rings (SSSR count). The normalized spacial score (nSPS) is 15.4. The highest BCUT2D eigenvalue weighted by atomic mass is 16.3. The first-order valence-electron chi connectivity index (χ1n) is 25.0. The number of hydrogen-bond acceptors (Lipinski definition) is 5. The number of nitrogens with zero attached hydrogens (tertiary/aromatic N) is 2. The Labute approximate surface area is 405 Å². The van der Waals surface area contributed by atoms with E-state index in [-0.39, 0.29) is 6.04 Å². The average Bonchev–Trinajstić information content (AvgIpc) is 4.08. The van der Waals surface area contributed by atoms with E-state index in [4.69, 9.17) is 13.3 Å². The molecule has 2 aliphatic carbocycles. The number of aryl methyl sites for hydroxylation is 1. The van der Waals surface area contributed by atoms with Gasteiger partial charge in [0.05, 0.1) is 17.1 Å². The number of anilines is 4. The van der Waals surface area contributed by atoms with Crippen LogP contribution in [0.5, 0.6) is 0 Å². The van der Waals surface area contributed by atoms with E-state index in [9.17, 15) is 0 Å². The van der Waals surface area contributed by atoms with Crippen molar-refractivity contribution < 1.29 is 13.3 Å². The topological polar surface area (TPSA) is 45.9 Å². The Bertz CT molecular complexity index is 3520. The van der Waals surface area contributed by atoms with Crippen molar-refractivity contribution in [2.45, 2.75) is 90.1 Å². The van der Waals surface area contributed by atoms with Crippen molar-refractivity contribution >= 4 is 95.3 Å². The summed E-state index contributed by atoms with van der Waals surface area (Å²) in [5, 5.41) is 5.44. The number of benzene rings is 6. The minimum atomic E-state index is 0.238. The Kier molecular flexibility index (Phi) is 11.8. The fourth-order valence-electron chi connectivity index (χ4n) is 11.8. The van der Waals surface area contributed by atoms with Crippen LogP contribution in [-0.4, -0.2) is 12.1 Å². The van der Waals surface area contributed by atoms with Crippen LogP contribution in [0, 0.1) is 6.92 Å². The van der Waals surface area contributed by atoms with Crippen LogP contribution in [0.3, 0.4) is 0 Å². The number of furan rings is 3. The summed E-state index contributed by atoms with van der Waals surface area (Å²) < 4.78 is 21.2. The molecule has 6 aromatic carbocycles. The number of fused-ring (bicyclic) bond motifs is 7. The van der Waals surface area contributed by atoms with Crippen molar-refractivity contribution in [3.63, 3.8) is 0 Å². The second-order valence-electron chi connectivity index (χ2n) is 18.9. The van der Waals surface area contributed by atoms with Crippen LogP contribution in [0.25, 0.3) is 83.7 Å². The average molecular weight is 905 g/mol. The molecule has 2 saturated carbocycles. The maximum absolute atomic E-state index is 7.13. The van der Waals surface area contributed by atoms with E-state index < -0.39 is 0 Å². The fraction of sp³-hybridized carbons (Fsp3) is 0.219. The van der Waals surface area contributed by atoms with Crippen molar-refractivity contribution in [3.05, 3.63) is 188 Å². The Morgan fingerprint density at radius 3 is 1.87 bits per heavy atom. The van der Waals surface area contributed by atoms with Crippen LogP contribution in [0.15, 0.2) is 179 Å². The van der Waals surface area contributed by atoms with Crippen molar-refractivity contribution in [3.8, 4) is 11.1 Å². The van der Waals surface area contributed by atoms with Crippen LogP contribution in [0.2, 0.25) is 0 Å². The van der Waals surface area contributed by atoms with Gasteiger partial charge in [-0.05, 0) is 80.5 Å². The molecule has 9 aromatic rings. The molecule has 0 N–H and O–H groups in total.